The third-order valence-electron chi connectivity index (χ3n) is 5.05. The monoisotopic (exact) mass is 398 g/mol. The molecule has 3 heterocycles. The molecule has 4 rings (SSSR count). The second-order valence-electron chi connectivity index (χ2n) is 6.80. The zero-order valence-electron chi connectivity index (χ0n) is 16.8. The number of ether oxygens (including phenoxy) is 3. The minimum atomic E-state index is 0.560. The second-order valence-corrected chi connectivity index (χ2v) is 6.80. The molecule has 154 valence electrons. The van der Waals surface area contributed by atoms with E-state index in [2.05, 4.69) is 25.3 Å². The van der Waals surface area contributed by atoms with Gasteiger partial charge < -0.3 is 19.5 Å². The molecular formula is C20H26N6O3. The van der Waals surface area contributed by atoms with Crippen molar-refractivity contribution in [1.29, 1.82) is 0 Å². The Labute approximate surface area is 169 Å². The summed E-state index contributed by atoms with van der Waals surface area (Å²) in [7, 11) is 3.26. The lowest BCUT2D eigenvalue weighted by molar-refractivity contribution is 0.0378. The zero-order valence-corrected chi connectivity index (χ0v) is 16.8. The first kappa shape index (κ1) is 19.4. The van der Waals surface area contributed by atoms with Gasteiger partial charge in [-0.05, 0) is 30.7 Å². The van der Waals surface area contributed by atoms with Crippen LogP contribution in [0.4, 0.5) is 5.82 Å². The molecule has 0 spiro atoms. The molecule has 0 saturated carbocycles. The number of fused-ring (bicyclic) bond motifs is 1. The number of aromatic nitrogens is 4. The van der Waals surface area contributed by atoms with Crippen molar-refractivity contribution >= 4 is 11.6 Å². The number of hydrogen-bond acceptors (Lipinski definition) is 8. The molecule has 1 N–H and O–H groups in total. The fourth-order valence-electron chi connectivity index (χ4n) is 3.50. The maximum atomic E-state index is 5.46. The number of nitrogens with zero attached hydrogens (tertiary/aromatic N) is 5. The Kier molecular flexibility index (Phi) is 6.06. The van der Waals surface area contributed by atoms with Crippen molar-refractivity contribution in [2.24, 2.45) is 0 Å². The van der Waals surface area contributed by atoms with Crippen LogP contribution in [-0.4, -0.2) is 78.1 Å². The molecule has 1 aliphatic heterocycles. The minimum Gasteiger partial charge on any atom is -0.493 e. The average molecular weight is 398 g/mol. The van der Waals surface area contributed by atoms with E-state index < -0.39 is 0 Å². The molecule has 1 aliphatic rings. The summed E-state index contributed by atoms with van der Waals surface area (Å²) in [5.74, 6) is 2.78. The number of nitrogens with one attached hydrogen (secondary N) is 1. The molecule has 0 amide bonds. The van der Waals surface area contributed by atoms with Gasteiger partial charge in [-0.1, -0.05) is 6.07 Å². The fraction of sp³-hybridized carbons (Fsp3) is 0.450. The van der Waals surface area contributed by atoms with Gasteiger partial charge in [0.15, 0.2) is 11.5 Å². The van der Waals surface area contributed by atoms with E-state index in [1.807, 2.05) is 24.4 Å². The van der Waals surface area contributed by atoms with E-state index in [4.69, 9.17) is 14.2 Å². The first-order chi connectivity index (χ1) is 14.3. The Morgan fingerprint density at radius 3 is 2.72 bits per heavy atom. The summed E-state index contributed by atoms with van der Waals surface area (Å²) in [6, 6.07) is 5.82. The highest BCUT2D eigenvalue weighted by Crippen LogP contribution is 2.35. The molecular weight excluding hydrogens is 372 g/mol. The first-order valence-electron chi connectivity index (χ1n) is 9.75. The fourth-order valence-corrected chi connectivity index (χ4v) is 3.50. The first-order valence-corrected chi connectivity index (χ1v) is 9.75. The summed E-state index contributed by atoms with van der Waals surface area (Å²) in [5.41, 5.74) is 1.89. The molecule has 1 fully saturated rings. The van der Waals surface area contributed by atoms with Crippen LogP contribution in [0.2, 0.25) is 0 Å². The van der Waals surface area contributed by atoms with Crippen molar-refractivity contribution in [2.45, 2.75) is 6.42 Å². The highest BCUT2D eigenvalue weighted by molar-refractivity contribution is 5.77. The van der Waals surface area contributed by atoms with Crippen molar-refractivity contribution in [3.8, 4) is 22.6 Å². The molecule has 9 heteroatoms. The predicted octanol–water partition coefficient (Wildman–Crippen LogP) is 1.94. The Balaban J connectivity index is 1.56. The number of morpholine rings is 1. The van der Waals surface area contributed by atoms with Crippen molar-refractivity contribution in [1.82, 2.24) is 24.5 Å². The van der Waals surface area contributed by atoms with E-state index in [1.165, 1.54) is 6.33 Å². The third kappa shape index (κ3) is 4.25. The molecule has 0 bridgehead atoms. The molecule has 1 saturated heterocycles. The molecule has 0 atom stereocenters. The highest BCUT2D eigenvalue weighted by Gasteiger charge is 2.15. The predicted molar refractivity (Wildman–Crippen MR) is 110 cm³/mol. The van der Waals surface area contributed by atoms with Crippen LogP contribution in [-0.2, 0) is 4.74 Å². The summed E-state index contributed by atoms with van der Waals surface area (Å²) < 4.78 is 18.0. The van der Waals surface area contributed by atoms with Gasteiger partial charge in [-0.3, -0.25) is 4.90 Å². The van der Waals surface area contributed by atoms with Gasteiger partial charge in [0.2, 0.25) is 0 Å². The molecule has 2 aromatic heterocycles. The highest BCUT2D eigenvalue weighted by atomic mass is 16.5. The normalized spacial score (nSPS) is 14.8. The molecule has 3 aromatic rings. The summed E-state index contributed by atoms with van der Waals surface area (Å²) in [4.78, 5) is 11.1. The lowest BCUT2D eigenvalue weighted by Crippen LogP contribution is -2.37. The van der Waals surface area contributed by atoms with Gasteiger partial charge in [0.25, 0.3) is 5.78 Å². The Morgan fingerprint density at radius 2 is 1.93 bits per heavy atom. The maximum absolute atomic E-state index is 5.46. The Hall–Kier alpha value is -2.91. The van der Waals surface area contributed by atoms with Crippen LogP contribution < -0.4 is 14.8 Å². The summed E-state index contributed by atoms with van der Waals surface area (Å²) in [5, 5.41) is 7.88. The van der Waals surface area contributed by atoms with Crippen LogP contribution >= 0.6 is 0 Å². The van der Waals surface area contributed by atoms with Crippen LogP contribution in [0.3, 0.4) is 0 Å². The van der Waals surface area contributed by atoms with E-state index in [0.717, 1.165) is 62.8 Å². The SMILES string of the molecule is COc1ccc(-c2cnc3ncnn3c2NCCCN2CCOCC2)cc1OC. The standard InChI is InChI=1S/C20H26N6O3/c1-27-17-5-4-15(12-18(17)28-2)16-13-22-20-23-14-24-26(20)19(16)21-6-3-7-25-8-10-29-11-9-25/h4-5,12-14,21H,3,6-11H2,1-2H3. The number of hydrogen-bond donors (Lipinski definition) is 1. The lowest BCUT2D eigenvalue weighted by Gasteiger charge is -2.26. The van der Waals surface area contributed by atoms with Crippen LogP contribution in [0.15, 0.2) is 30.7 Å². The quantitative estimate of drug-likeness (QED) is 0.576. The Morgan fingerprint density at radius 1 is 1.10 bits per heavy atom. The number of methoxy groups -OCH3 is 2. The van der Waals surface area contributed by atoms with Crippen molar-refractivity contribution < 1.29 is 14.2 Å². The topological polar surface area (TPSA) is 86.0 Å². The van der Waals surface area contributed by atoms with Gasteiger partial charge in [0, 0.05) is 31.4 Å². The van der Waals surface area contributed by atoms with E-state index in [9.17, 15) is 0 Å². The van der Waals surface area contributed by atoms with E-state index in [1.54, 1.807) is 18.7 Å². The summed E-state index contributed by atoms with van der Waals surface area (Å²) >= 11 is 0. The smallest absolute Gasteiger partial charge is 0.254 e. The van der Waals surface area contributed by atoms with E-state index >= 15 is 0 Å². The van der Waals surface area contributed by atoms with Crippen molar-refractivity contribution in [2.75, 3.05) is 58.9 Å². The van der Waals surface area contributed by atoms with Gasteiger partial charge in [-0.25, -0.2) is 4.98 Å². The number of rotatable bonds is 8. The molecule has 0 unspecified atom stereocenters. The molecule has 29 heavy (non-hydrogen) atoms. The maximum Gasteiger partial charge on any atom is 0.254 e. The zero-order chi connectivity index (χ0) is 20.1. The minimum absolute atomic E-state index is 0.560. The van der Waals surface area contributed by atoms with Crippen molar-refractivity contribution in [3.05, 3.63) is 30.7 Å². The molecule has 0 radical (unpaired) electrons. The van der Waals surface area contributed by atoms with Crippen molar-refractivity contribution in [3.63, 3.8) is 0 Å². The van der Waals surface area contributed by atoms with Crippen LogP contribution in [0.5, 0.6) is 11.5 Å². The van der Waals surface area contributed by atoms with Gasteiger partial charge in [0.05, 0.1) is 27.4 Å². The van der Waals surface area contributed by atoms with Crippen LogP contribution in [0, 0.1) is 0 Å². The largest absolute Gasteiger partial charge is 0.493 e. The van der Waals surface area contributed by atoms with Crippen LogP contribution in [0.25, 0.3) is 16.9 Å². The average Bonchev–Trinajstić information content (AvgIpc) is 3.26. The summed E-state index contributed by atoms with van der Waals surface area (Å²) in [6.45, 7) is 5.49. The van der Waals surface area contributed by atoms with Crippen LogP contribution in [0.1, 0.15) is 6.42 Å². The number of anilines is 1. The third-order valence-corrected chi connectivity index (χ3v) is 5.05. The van der Waals surface area contributed by atoms with Gasteiger partial charge in [0.1, 0.15) is 12.1 Å². The second kappa shape index (κ2) is 9.06. The summed E-state index contributed by atoms with van der Waals surface area (Å²) in [6.07, 6.45) is 4.35. The lowest BCUT2D eigenvalue weighted by atomic mass is 10.1. The van der Waals surface area contributed by atoms with Gasteiger partial charge >= 0.3 is 0 Å². The molecule has 0 aliphatic carbocycles. The molecule has 1 aromatic carbocycles. The van der Waals surface area contributed by atoms with Gasteiger partial charge in [-0.2, -0.15) is 14.6 Å². The van der Waals surface area contributed by atoms with E-state index in [0.29, 0.717) is 17.3 Å². The van der Waals surface area contributed by atoms with Gasteiger partial charge in [-0.15, -0.1) is 0 Å². The Bertz CT molecular complexity index is 955. The van der Waals surface area contributed by atoms with E-state index in [-0.39, 0.29) is 0 Å². The number of benzene rings is 1. The molecule has 9 nitrogen and oxygen atoms in total.